The Kier molecular flexibility index (Phi) is 6.15. The van der Waals surface area contributed by atoms with Crippen molar-refractivity contribution in [2.75, 3.05) is 18.6 Å². The van der Waals surface area contributed by atoms with Crippen LogP contribution in [0.1, 0.15) is 6.42 Å². The molecule has 0 aliphatic rings. The summed E-state index contributed by atoms with van der Waals surface area (Å²) in [4.78, 5) is 16.5. The Balaban J connectivity index is 3.52. The molecule has 13 heavy (non-hydrogen) atoms. The van der Waals surface area contributed by atoms with Crippen molar-refractivity contribution in [1.29, 1.82) is 0 Å². The second-order valence-electron chi connectivity index (χ2n) is 2.51. The number of phosphoric acid groups is 1. The van der Waals surface area contributed by atoms with Gasteiger partial charge in [-0.1, -0.05) is 11.2 Å². The van der Waals surface area contributed by atoms with Crippen molar-refractivity contribution in [2.45, 2.75) is 12.5 Å². The van der Waals surface area contributed by atoms with Gasteiger partial charge in [0.05, 0.1) is 19.0 Å². The summed E-state index contributed by atoms with van der Waals surface area (Å²) < 4.78 is 24.8. The molecule has 0 fully saturated rings. The molecule has 0 aliphatic carbocycles. The van der Waals surface area contributed by atoms with Crippen molar-refractivity contribution in [1.82, 2.24) is 0 Å². The highest BCUT2D eigenvalue weighted by atomic mass is 32.2. The molecule has 0 heterocycles. The molecule has 0 aromatic carbocycles. The van der Waals surface area contributed by atoms with E-state index in [1.807, 2.05) is 0 Å². The van der Waals surface area contributed by atoms with E-state index in [-0.39, 0.29) is 12.2 Å². The maximum atomic E-state index is 10.6. The van der Waals surface area contributed by atoms with E-state index in [1.54, 1.807) is 0 Å². The zero-order chi connectivity index (χ0) is 10.5. The normalized spacial score (nSPS) is 17.0. The number of aliphatic hydroxyl groups excluding tert-OH is 1. The largest absolute Gasteiger partial charge is 0.617 e. The summed E-state index contributed by atoms with van der Waals surface area (Å²) in [7, 11) is -4.50. The van der Waals surface area contributed by atoms with Gasteiger partial charge in [-0.05, 0) is 0 Å². The van der Waals surface area contributed by atoms with Crippen LogP contribution in [0.4, 0.5) is 0 Å². The van der Waals surface area contributed by atoms with Crippen LogP contribution in [0.2, 0.25) is 0 Å². The molecule has 8 heteroatoms. The minimum absolute atomic E-state index is 0.198. The Morgan fingerprint density at radius 2 is 2.15 bits per heavy atom. The average molecular weight is 232 g/mol. The molecule has 0 rings (SSSR count). The lowest BCUT2D eigenvalue weighted by molar-refractivity contribution is 0.0831. The van der Waals surface area contributed by atoms with Crippen molar-refractivity contribution in [2.24, 2.45) is 0 Å². The van der Waals surface area contributed by atoms with Gasteiger partial charge in [0.15, 0.2) is 0 Å². The molecule has 6 nitrogen and oxygen atoms in total. The maximum absolute atomic E-state index is 10.6. The van der Waals surface area contributed by atoms with Crippen molar-refractivity contribution >= 4 is 19.0 Å². The fraction of sp³-hybridized carbons (Fsp3) is 1.00. The Labute approximate surface area is 79.3 Å². The Hall–Kier alpha value is 0.380. The van der Waals surface area contributed by atoms with Gasteiger partial charge in [-0.3, -0.25) is 4.52 Å². The molecule has 0 saturated heterocycles. The predicted octanol–water partition coefficient (Wildman–Crippen LogP) is -0.775. The Morgan fingerprint density at radius 1 is 1.62 bits per heavy atom. The van der Waals surface area contributed by atoms with Crippen LogP contribution >= 0.6 is 7.82 Å². The SMILES string of the molecule is C[S+]([O-])CCC(O)COP(=O)(O)O. The van der Waals surface area contributed by atoms with Gasteiger partial charge in [0.1, 0.15) is 5.75 Å². The highest BCUT2D eigenvalue weighted by Crippen LogP contribution is 2.35. The molecule has 0 amide bonds. The molecular formula is C5H13O6PS. The fourth-order valence-corrected chi connectivity index (χ4v) is 1.54. The van der Waals surface area contributed by atoms with E-state index in [2.05, 4.69) is 4.52 Å². The monoisotopic (exact) mass is 232 g/mol. The fourth-order valence-electron chi connectivity index (χ4n) is 0.568. The summed E-state index contributed by atoms with van der Waals surface area (Å²) >= 11 is -1.02. The van der Waals surface area contributed by atoms with E-state index >= 15 is 0 Å². The first-order chi connectivity index (χ1) is 5.81. The Morgan fingerprint density at radius 3 is 2.54 bits per heavy atom. The van der Waals surface area contributed by atoms with Crippen molar-refractivity contribution in [3.8, 4) is 0 Å². The van der Waals surface area contributed by atoms with Crippen LogP contribution < -0.4 is 0 Å². The number of hydrogen-bond acceptors (Lipinski definition) is 4. The van der Waals surface area contributed by atoms with E-state index in [1.165, 1.54) is 6.26 Å². The second kappa shape index (κ2) is 5.98. The van der Waals surface area contributed by atoms with Gasteiger partial charge in [0.2, 0.25) is 0 Å². The van der Waals surface area contributed by atoms with Crippen LogP contribution in [-0.2, 0) is 20.3 Å². The van der Waals surface area contributed by atoms with E-state index in [0.717, 1.165) is 0 Å². The number of rotatable bonds is 6. The van der Waals surface area contributed by atoms with Crippen LogP contribution in [0.15, 0.2) is 0 Å². The summed E-state index contributed by atoms with van der Waals surface area (Å²) in [6, 6.07) is 0. The smallest absolute Gasteiger partial charge is 0.469 e. The van der Waals surface area contributed by atoms with Crippen molar-refractivity contribution < 1.29 is 28.5 Å². The standard InChI is InChI=1S/C5H13O6PS/c1-13(10)3-2-5(6)4-11-12(7,8)9/h5-6H,2-4H2,1H3,(H2,7,8,9). The number of hydrogen-bond donors (Lipinski definition) is 3. The summed E-state index contributed by atoms with van der Waals surface area (Å²) in [6.45, 7) is -0.443. The zero-order valence-electron chi connectivity index (χ0n) is 7.12. The third kappa shape index (κ3) is 10.3. The molecule has 80 valence electrons. The third-order valence-electron chi connectivity index (χ3n) is 1.17. The van der Waals surface area contributed by atoms with Gasteiger partial charge in [-0.15, -0.1) is 0 Å². The molecule has 3 N–H and O–H groups in total. The lowest BCUT2D eigenvalue weighted by atomic mass is 10.3. The quantitative estimate of drug-likeness (QED) is 0.409. The number of phosphoric ester groups is 1. The molecule has 0 aromatic heterocycles. The van der Waals surface area contributed by atoms with Gasteiger partial charge in [-0.25, -0.2) is 4.57 Å². The minimum Gasteiger partial charge on any atom is -0.617 e. The molecule has 0 saturated carbocycles. The molecule has 2 unspecified atom stereocenters. The highest BCUT2D eigenvalue weighted by molar-refractivity contribution is 7.90. The molecule has 0 bridgehead atoms. The lowest BCUT2D eigenvalue weighted by Crippen LogP contribution is -2.18. The number of aliphatic hydroxyl groups is 1. The first kappa shape index (κ1) is 13.4. The van der Waals surface area contributed by atoms with E-state index < -0.39 is 31.7 Å². The van der Waals surface area contributed by atoms with Crippen molar-refractivity contribution in [3.63, 3.8) is 0 Å². The molecule has 0 aromatic rings. The van der Waals surface area contributed by atoms with Gasteiger partial charge < -0.3 is 19.4 Å². The molecule has 0 radical (unpaired) electrons. The van der Waals surface area contributed by atoms with E-state index in [4.69, 9.17) is 14.9 Å². The predicted molar refractivity (Wildman–Crippen MR) is 47.6 cm³/mol. The second-order valence-corrected chi connectivity index (χ2v) is 5.30. The van der Waals surface area contributed by atoms with E-state index in [0.29, 0.717) is 0 Å². The van der Waals surface area contributed by atoms with Crippen LogP contribution in [0, 0.1) is 0 Å². The minimum atomic E-state index is -4.50. The maximum Gasteiger partial charge on any atom is 0.469 e. The molecule has 0 spiro atoms. The van der Waals surface area contributed by atoms with Gasteiger partial charge >= 0.3 is 7.82 Å². The summed E-state index contributed by atoms with van der Waals surface area (Å²) in [6.07, 6.45) is 0.691. The zero-order valence-corrected chi connectivity index (χ0v) is 8.83. The Bertz CT molecular complexity index is 180. The summed E-state index contributed by atoms with van der Waals surface area (Å²) in [5.74, 6) is 0.283. The lowest BCUT2D eigenvalue weighted by Gasteiger charge is -2.11. The first-order valence-corrected chi connectivity index (χ1v) is 6.75. The topological polar surface area (TPSA) is 110 Å². The van der Waals surface area contributed by atoms with Gasteiger partial charge in [0, 0.05) is 6.42 Å². The van der Waals surface area contributed by atoms with Crippen LogP contribution in [0.25, 0.3) is 0 Å². The third-order valence-corrected chi connectivity index (χ3v) is 2.47. The van der Waals surface area contributed by atoms with Crippen LogP contribution in [0.5, 0.6) is 0 Å². The summed E-state index contributed by atoms with van der Waals surface area (Å²) in [5.41, 5.74) is 0. The molecular weight excluding hydrogens is 219 g/mol. The molecule has 0 aliphatic heterocycles. The highest BCUT2D eigenvalue weighted by Gasteiger charge is 2.17. The van der Waals surface area contributed by atoms with Gasteiger partial charge in [0.25, 0.3) is 0 Å². The molecule has 2 atom stereocenters. The summed E-state index contributed by atoms with van der Waals surface area (Å²) in [5, 5.41) is 9.06. The first-order valence-electron chi connectivity index (χ1n) is 3.49. The van der Waals surface area contributed by atoms with E-state index in [9.17, 15) is 9.12 Å². The van der Waals surface area contributed by atoms with Crippen LogP contribution in [-0.4, -0.2) is 44.2 Å². The van der Waals surface area contributed by atoms with Gasteiger partial charge in [-0.2, -0.15) is 0 Å². The van der Waals surface area contributed by atoms with Crippen molar-refractivity contribution in [3.05, 3.63) is 0 Å². The average Bonchev–Trinajstić information content (AvgIpc) is 1.95. The van der Waals surface area contributed by atoms with Crippen LogP contribution in [0.3, 0.4) is 0 Å².